The van der Waals surface area contributed by atoms with Crippen LogP contribution in [0.25, 0.3) is 87.9 Å². The molecule has 2 nitrogen and oxygen atoms in total. The summed E-state index contributed by atoms with van der Waals surface area (Å²) in [5, 5.41) is 7.63. The highest BCUT2D eigenvalue weighted by Gasteiger charge is 2.35. The van der Waals surface area contributed by atoms with Crippen molar-refractivity contribution in [3.05, 3.63) is 248 Å². The predicted molar refractivity (Wildman–Crippen MR) is 285 cm³/mol. The molecule has 0 aliphatic heterocycles. The zero-order valence-electron chi connectivity index (χ0n) is 37.7. The van der Waals surface area contributed by atoms with Crippen LogP contribution < -0.4 is 4.90 Å². The van der Waals surface area contributed by atoms with Gasteiger partial charge in [-0.15, -0.1) is 0 Å². The van der Waals surface area contributed by atoms with Crippen LogP contribution in [-0.4, -0.2) is 4.57 Å². The Morgan fingerprint density at radius 2 is 1.06 bits per heavy atom. The van der Waals surface area contributed by atoms with Crippen LogP contribution in [0, 0.1) is 0 Å². The lowest BCUT2D eigenvalue weighted by Gasteiger charge is -2.27. The van der Waals surface area contributed by atoms with E-state index < -0.39 is 0 Å². The molecule has 2 aliphatic carbocycles. The van der Waals surface area contributed by atoms with Gasteiger partial charge in [-0.05, 0) is 138 Å². The van der Waals surface area contributed by atoms with Crippen molar-refractivity contribution < 1.29 is 0 Å². The second kappa shape index (κ2) is 15.5. The van der Waals surface area contributed by atoms with Crippen molar-refractivity contribution in [1.82, 2.24) is 4.57 Å². The number of hydrogen-bond donors (Lipinski definition) is 0. The van der Waals surface area contributed by atoms with E-state index in [9.17, 15) is 0 Å². The molecule has 1 unspecified atom stereocenters. The topological polar surface area (TPSA) is 8.17 Å². The molecule has 11 aromatic rings. The summed E-state index contributed by atoms with van der Waals surface area (Å²) in [6.07, 6.45) is 9.94. The second-order valence-corrected chi connectivity index (χ2v) is 18.8. The van der Waals surface area contributed by atoms with Gasteiger partial charge < -0.3 is 9.47 Å². The highest BCUT2D eigenvalue weighted by Crippen LogP contribution is 2.50. The van der Waals surface area contributed by atoms with Crippen molar-refractivity contribution in [2.45, 2.75) is 31.7 Å². The Labute approximate surface area is 392 Å². The molecule has 0 bridgehead atoms. The Hall–Kier alpha value is -8.20. The van der Waals surface area contributed by atoms with Crippen LogP contribution in [0.4, 0.5) is 17.1 Å². The van der Waals surface area contributed by atoms with Crippen LogP contribution in [0.2, 0.25) is 0 Å². The number of para-hydroxylation sites is 1. The molecule has 13 rings (SSSR count). The van der Waals surface area contributed by atoms with Crippen molar-refractivity contribution in [1.29, 1.82) is 0 Å². The van der Waals surface area contributed by atoms with E-state index >= 15 is 0 Å². The lowest BCUT2D eigenvalue weighted by atomic mass is 9.82. The summed E-state index contributed by atoms with van der Waals surface area (Å²) in [4.78, 5) is 2.43. The Morgan fingerprint density at radius 3 is 1.88 bits per heavy atom. The van der Waals surface area contributed by atoms with Gasteiger partial charge in [-0.1, -0.05) is 196 Å². The summed E-state index contributed by atoms with van der Waals surface area (Å²) in [5.74, 6) is 0. The van der Waals surface area contributed by atoms with E-state index in [-0.39, 0.29) is 11.5 Å². The van der Waals surface area contributed by atoms with Gasteiger partial charge in [0, 0.05) is 38.8 Å². The van der Waals surface area contributed by atoms with E-state index in [0.717, 1.165) is 23.5 Å². The highest BCUT2D eigenvalue weighted by molar-refractivity contribution is 6.15. The van der Waals surface area contributed by atoms with Gasteiger partial charge in [0.1, 0.15) is 0 Å². The number of aromatic nitrogens is 1. The van der Waals surface area contributed by atoms with Crippen LogP contribution >= 0.6 is 0 Å². The molecule has 0 amide bonds. The highest BCUT2D eigenvalue weighted by atomic mass is 15.1. The van der Waals surface area contributed by atoms with Gasteiger partial charge >= 0.3 is 0 Å². The van der Waals surface area contributed by atoms with Gasteiger partial charge in [0.15, 0.2) is 0 Å². The Morgan fingerprint density at radius 1 is 0.418 bits per heavy atom. The van der Waals surface area contributed by atoms with E-state index in [0.29, 0.717) is 0 Å². The minimum atomic E-state index is -0.0232. The normalized spacial score (nSPS) is 14.8. The van der Waals surface area contributed by atoms with Crippen LogP contribution in [-0.2, 0) is 5.41 Å². The molecule has 318 valence electrons. The fourth-order valence-electron chi connectivity index (χ4n) is 11.5. The van der Waals surface area contributed by atoms with Gasteiger partial charge in [0.2, 0.25) is 0 Å². The van der Waals surface area contributed by atoms with Crippen LogP contribution in [0.5, 0.6) is 0 Å². The number of hydrogen-bond acceptors (Lipinski definition) is 1. The number of allylic oxidation sites excluding steroid dienone is 4. The average molecular weight is 857 g/mol. The monoisotopic (exact) mass is 856 g/mol. The maximum Gasteiger partial charge on any atom is 0.0560 e. The molecule has 2 heteroatoms. The number of benzene rings is 10. The second-order valence-electron chi connectivity index (χ2n) is 18.8. The first kappa shape index (κ1) is 39.2. The lowest BCUT2D eigenvalue weighted by molar-refractivity contribution is 0.648. The average Bonchev–Trinajstić information content (AvgIpc) is 3.85. The summed E-state index contributed by atoms with van der Waals surface area (Å²) in [5.41, 5.74) is 18.5. The minimum absolute atomic E-state index is 0.0232. The van der Waals surface area contributed by atoms with Gasteiger partial charge in [-0.3, -0.25) is 0 Å². The molecule has 1 atom stereocenters. The van der Waals surface area contributed by atoms with Crippen LogP contribution in [0.1, 0.15) is 37.4 Å². The molecule has 1 aromatic heterocycles. The van der Waals surface area contributed by atoms with Gasteiger partial charge in [-0.2, -0.15) is 0 Å². The fourth-order valence-corrected chi connectivity index (χ4v) is 11.5. The van der Waals surface area contributed by atoms with E-state index in [1.165, 1.54) is 99.0 Å². The summed E-state index contributed by atoms with van der Waals surface area (Å²) in [6, 6.07) is 79.3. The molecule has 0 saturated heterocycles. The summed E-state index contributed by atoms with van der Waals surface area (Å²) in [6.45, 7) is 4.69. The third-order valence-corrected chi connectivity index (χ3v) is 14.7. The molecule has 0 radical (unpaired) electrons. The molecule has 0 N–H and O–H groups in total. The standard InChI is InChI=1S/C65H48N2/c1-65(2)60-29-10-8-24-57(60)59-42-45(35-39-61(59)65)43-32-36-49(37-33-43)66(50-21-12-17-46(40-50)53-26-14-28-55-52-23-7-6-16-44(52)34-38-56(53)55)51-22-13-18-47(41-51)54-27-15-31-63-64(54)58-25-9-11-30-62(58)67(63)48-19-4-3-5-20-48/h3-19,21-42,48H,20H2,1-2H3. The number of anilines is 3. The van der Waals surface area contributed by atoms with E-state index in [4.69, 9.17) is 0 Å². The van der Waals surface area contributed by atoms with Crippen molar-refractivity contribution >= 4 is 60.4 Å². The van der Waals surface area contributed by atoms with Crippen molar-refractivity contribution in [2.75, 3.05) is 4.90 Å². The van der Waals surface area contributed by atoms with Crippen molar-refractivity contribution in [3.63, 3.8) is 0 Å². The zero-order valence-corrected chi connectivity index (χ0v) is 37.7. The van der Waals surface area contributed by atoms with E-state index in [2.05, 4.69) is 260 Å². The summed E-state index contributed by atoms with van der Waals surface area (Å²) in [7, 11) is 0. The Kier molecular flexibility index (Phi) is 9.05. The molecule has 1 heterocycles. The first-order chi connectivity index (χ1) is 33.0. The molecule has 0 spiro atoms. The third-order valence-electron chi connectivity index (χ3n) is 14.7. The van der Waals surface area contributed by atoms with E-state index in [1.54, 1.807) is 0 Å². The van der Waals surface area contributed by atoms with Crippen molar-refractivity contribution in [2.24, 2.45) is 0 Å². The smallest absolute Gasteiger partial charge is 0.0560 e. The summed E-state index contributed by atoms with van der Waals surface area (Å²) < 4.78 is 2.54. The van der Waals surface area contributed by atoms with Crippen LogP contribution in [0.15, 0.2) is 237 Å². The molecule has 10 aromatic carbocycles. The Bertz CT molecular complexity index is 3820. The molecular formula is C65H48N2. The predicted octanol–water partition coefficient (Wildman–Crippen LogP) is 17.9. The first-order valence-corrected chi connectivity index (χ1v) is 23.6. The zero-order chi connectivity index (χ0) is 44.6. The van der Waals surface area contributed by atoms with Crippen LogP contribution in [0.3, 0.4) is 0 Å². The molecular weight excluding hydrogens is 809 g/mol. The first-order valence-electron chi connectivity index (χ1n) is 23.6. The van der Waals surface area contributed by atoms with E-state index in [1.807, 2.05) is 0 Å². The van der Waals surface area contributed by atoms with Crippen molar-refractivity contribution in [3.8, 4) is 44.5 Å². The van der Waals surface area contributed by atoms with Gasteiger partial charge in [0.25, 0.3) is 0 Å². The SMILES string of the molecule is CC1(C)c2ccccc2-c2cc(-c3ccc(N(c4cccc(-c5cccc6c5ccc5ccccc56)c4)c4cccc(-c5cccc6c5c5ccccc5n6C5C=CC=CC5)c4)cc3)ccc21. The maximum absolute atomic E-state index is 2.54. The number of nitrogens with zero attached hydrogens (tertiary/aromatic N) is 2. The quantitative estimate of drug-likeness (QED) is 0.145. The third kappa shape index (κ3) is 6.32. The lowest BCUT2D eigenvalue weighted by Crippen LogP contribution is -2.14. The number of fused-ring (bicyclic) bond motifs is 9. The fraction of sp³-hybridized carbons (Fsp3) is 0.0769. The molecule has 0 fully saturated rings. The Balaban J connectivity index is 0.958. The molecule has 2 aliphatic rings. The molecule has 0 saturated carbocycles. The number of rotatable bonds is 7. The largest absolute Gasteiger partial charge is 0.333 e. The van der Waals surface area contributed by atoms with Gasteiger partial charge in [-0.25, -0.2) is 0 Å². The van der Waals surface area contributed by atoms with Gasteiger partial charge in [0.05, 0.1) is 11.6 Å². The maximum atomic E-state index is 2.54. The summed E-state index contributed by atoms with van der Waals surface area (Å²) >= 11 is 0. The minimum Gasteiger partial charge on any atom is -0.333 e. The molecule has 67 heavy (non-hydrogen) atoms.